The van der Waals surface area contributed by atoms with Gasteiger partial charge in [0, 0.05) is 30.0 Å². The average molecular weight is 943 g/mol. The van der Waals surface area contributed by atoms with Crippen molar-refractivity contribution in [1.29, 1.82) is 0 Å². The van der Waals surface area contributed by atoms with E-state index in [0.29, 0.717) is 23.5 Å². The van der Waals surface area contributed by atoms with Gasteiger partial charge < -0.3 is 41.4 Å². The molecule has 4 unspecified atom stereocenters. The minimum Gasteiger partial charge on any atom is -0.487 e. The highest BCUT2D eigenvalue weighted by molar-refractivity contribution is 7.99. The van der Waals surface area contributed by atoms with E-state index in [9.17, 15) is 41.7 Å². The lowest BCUT2D eigenvalue weighted by Crippen LogP contribution is -2.50. The molecule has 17 nitrogen and oxygen atoms in total. The summed E-state index contributed by atoms with van der Waals surface area (Å²) in [5, 5.41) is 25.0. The minimum atomic E-state index is -4.46. The molecule has 8 N–H and O–H groups in total. The molecule has 0 spiro atoms. The van der Waals surface area contributed by atoms with Crippen molar-refractivity contribution < 1.29 is 61.4 Å². The van der Waals surface area contributed by atoms with Crippen LogP contribution in [0.2, 0.25) is 0 Å². The maximum Gasteiger partial charge on any atom is 0.324 e. The number of esters is 1. The number of carbonyl (C=O) groups excluding carboxylic acids is 4. The van der Waals surface area contributed by atoms with Gasteiger partial charge in [-0.15, -0.1) is 0 Å². The third-order valence-electron chi connectivity index (χ3n) is 11.9. The molecule has 0 radical (unpaired) electrons. The molecule has 2 rings (SSSR count). The Labute approximate surface area is 383 Å². The number of nitrogens with two attached hydrogens (primary N) is 1. The first-order chi connectivity index (χ1) is 29.8. The van der Waals surface area contributed by atoms with Crippen LogP contribution in [0.1, 0.15) is 134 Å². The third-order valence-corrected chi connectivity index (χ3v) is 13.8. The molecule has 19 heteroatoms. The number of amides is 3. The lowest BCUT2D eigenvalue weighted by molar-refractivity contribution is -0.144. The van der Waals surface area contributed by atoms with Gasteiger partial charge in [-0.1, -0.05) is 72.6 Å². The molecule has 1 aliphatic heterocycles. The summed E-state index contributed by atoms with van der Waals surface area (Å²) in [5.41, 5.74) is 8.06. The number of hydrogen-bond donors (Lipinski definition) is 7. The van der Waals surface area contributed by atoms with Crippen molar-refractivity contribution in [2.75, 3.05) is 30.3 Å². The van der Waals surface area contributed by atoms with Crippen molar-refractivity contribution >= 4 is 57.5 Å². The van der Waals surface area contributed by atoms with Gasteiger partial charge in [0.25, 0.3) is 10.1 Å². The molecule has 0 bridgehead atoms. The fourth-order valence-electron chi connectivity index (χ4n) is 7.71. The van der Waals surface area contributed by atoms with Crippen LogP contribution in [0.25, 0.3) is 0 Å². The second-order valence-corrected chi connectivity index (χ2v) is 20.9. The Morgan fingerprint density at radius 1 is 0.844 bits per heavy atom. The Hall–Kier alpha value is -3.94. The topological polar surface area (TPSA) is 278 Å². The standard InChI is InChI=1S/C45H74N4O13S2/c1-27(2)12-9-13-28(3)14-10-15-29(4)16-11-20-45(8)21-19-33-32(7)39(30(5)31(6)40(33)62-45)61-44(57)34(41(53)47-22-23-64(58,59)60)25-63-26-36(42(54)48-24-38(51)52)49-37(50)18-17-35(46)43(55)56/h27-29,34-36H,9-26,46H2,1-8H3,(H,47,53)(H,48,54)(H,49,50)(H,51,52)(H,55,56)(H,58,59,60)/t28?,29?,34?,35-,36-,45?/m0/s1. The van der Waals surface area contributed by atoms with E-state index in [0.717, 1.165) is 66.2 Å². The van der Waals surface area contributed by atoms with Crippen molar-refractivity contribution in [2.24, 2.45) is 29.4 Å². The monoisotopic (exact) mass is 942 g/mol. The number of thioether (sulfide) groups is 1. The van der Waals surface area contributed by atoms with Gasteiger partial charge in [-0.3, -0.25) is 33.3 Å². The van der Waals surface area contributed by atoms with Crippen molar-refractivity contribution in [3.05, 3.63) is 22.3 Å². The summed E-state index contributed by atoms with van der Waals surface area (Å²) in [7, 11) is -4.46. The van der Waals surface area contributed by atoms with Gasteiger partial charge in [0.05, 0.1) is 5.75 Å². The fraction of sp³-hybridized carbons (Fsp3) is 0.733. The van der Waals surface area contributed by atoms with Gasteiger partial charge in [-0.25, -0.2) is 0 Å². The van der Waals surface area contributed by atoms with Crippen LogP contribution in [-0.4, -0.2) is 107 Å². The molecule has 0 fully saturated rings. The molecule has 0 aliphatic carbocycles. The normalized spacial score (nSPS) is 17.2. The molecule has 3 amide bonds. The molecule has 0 aromatic heterocycles. The first-order valence-electron chi connectivity index (χ1n) is 22.4. The lowest BCUT2D eigenvalue weighted by Gasteiger charge is -2.38. The van der Waals surface area contributed by atoms with Gasteiger partial charge in [0.15, 0.2) is 0 Å². The molecule has 364 valence electrons. The number of fused-ring (bicyclic) bond motifs is 1. The van der Waals surface area contributed by atoms with Crippen molar-refractivity contribution in [2.45, 2.75) is 157 Å². The van der Waals surface area contributed by atoms with E-state index in [1.807, 2.05) is 13.8 Å². The molecule has 1 aromatic carbocycles. The number of nitrogens with one attached hydrogen (secondary N) is 3. The molecule has 6 atom stereocenters. The van der Waals surface area contributed by atoms with E-state index in [1.165, 1.54) is 38.5 Å². The molecular weight excluding hydrogens is 869 g/mol. The Bertz CT molecular complexity index is 1880. The second-order valence-electron chi connectivity index (χ2n) is 18.2. The summed E-state index contributed by atoms with van der Waals surface area (Å²) < 4.78 is 44.6. The zero-order valence-corrected chi connectivity index (χ0v) is 40.6. The van der Waals surface area contributed by atoms with E-state index in [-0.39, 0.29) is 35.7 Å². The Kier molecular flexibility index (Phi) is 23.6. The second kappa shape index (κ2) is 26.9. The maximum atomic E-state index is 13.9. The zero-order valence-electron chi connectivity index (χ0n) is 39.0. The highest BCUT2D eigenvalue weighted by atomic mass is 32.2. The summed E-state index contributed by atoms with van der Waals surface area (Å²) in [6.07, 6.45) is 11.5. The first kappa shape index (κ1) is 56.2. The van der Waals surface area contributed by atoms with E-state index < -0.39 is 82.6 Å². The molecule has 1 aromatic rings. The number of ether oxygens (including phenoxy) is 2. The van der Waals surface area contributed by atoms with Crippen molar-refractivity contribution in [1.82, 2.24) is 16.0 Å². The SMILES string of the molecule is Cc1c(C)c2c(c(C)c1OC(=O)C(CSC[C@H](NC(=O)CC[C@H](N)C(=O)O)C(=O)NCC(=O)O)C(=O)NCCS(=O)(=O)O)CCC(C)(CCCC(C)CCCC(C)CCCC(C)C)O2. The quantitative estimate of drug-likeness (QED) is 0.0224. The summed E-state index contributed by atoms with van der Waals surface area (Å²) in [4.78, 5) is 75.1. The molecule has 1 aliphatic rings. The average Bonchev–Trinajstić information content (AvgIpc) is 3.19. The van der Waals surface area contributed by atoms with Crippen LogP contribution in [0.4, 0.5) is 0 Å². The van der Waals surface area contributed by atoms with E-state index >= 15 is 0 Å². The van der Waals surface area contributed by atoms with Crippen LogP contribution in [0.15, 0.2) is 0 Å². The summed E-state index contributed by atoms with van der Waals surface area (Å²) in [6.45, 7) is 15.6. The number of benzene rings is 1. The number of carboxylic acids is 2. The fourth-order valence-corrected chi connectivity index (χ4v) is 9.20. The van der Waals surface area contributed by atoms with Crippen LogP contribution in [0.5, 0.6) is 11.5 Å². The number of aliphatic carboxylic acids is 2. The number of hydrogen-bond acceptors (Lipinski definition) is 12. The Morgan fingerprint density at radius 2 is 1.45 bits per heavy atom. The highest BCUT2D eigenvalue weighted by Gasteiger charge is 2.36. The third kappa shape index (κ3) is 20.1. The molecule has 0 saturated carbocycles. The van der Waals surface area contributed by atoms with Crippen LogP contribution < -0.4 is 31.2 Å². The smallest absolute Gasteiger partial charge is 0.324 e. The van der Waals surface area contributed by atoms with Crippen LogP contribution >= 0.6 is 11.8 Å². The molecule has 1 heterocycles. The lowest BCUT2D eigenvalue weighted by atomic mass is 9.83. The Balaban J connectivity index is 2.20. The van der Waals surface area contributed by atoms with Crippen molar-refractivity contribution in [3.63, 3.8) is 0 Å². The van der Waals surface area contributed by atoms with Gasteiger partial charge in [0.1, 0.15) is 41.6 Å². The largest absolute Gasteiger partial charge is 0.487 e. The predicted octanol–water partition coefficient (Wildman–Crippen LogP) is 5.27. The van der Waals surface area contributed by atoms with Crippen LogP contribution in [0, 0.1) is 44.4 Å². The van der Waals surface area contributed by atoms with E-state index in [4.69, 9.17) is 25.4 Å². The number of rotatable bonds is 30. The highest BCUT2D eigenvalue weighted by Crippen LogP contribution is 2.45. The summed E-state index contributed by atoms with van der Waals surface area (Å²) in [5.74, 6) is -6.11. The molecule has 0 saturated heterocycles. The van der Waals surface area contributed by atoms with Crippen molar-refractivity contribution in [3.8, 4) is 11.5 Å². The summed E-state index contributed by atoms with van der Waals surface area (Å²) in [6, 6.07) is -2.71. The summed E-state index contributed by atoms with van der Waals surface area (Å²) >= 11 is 0.868. The van der Waals surface area contributed by atoms with E-state index in [2.05, 4.69) is 50.6 Å². The van der Waals surface area contributed by atoms with E-state index in [1.54, 1.807) is 6.92 Å². The van der Waals surface area contributed by atoms with Gasteiger partial charge in [-0.05, 0) is 94.2 Å². The van der Waals surface area contributed by atoms with Gasteiger partial charge >= 0.3 is 17.9 Å². The molecular formula is C45H74N4O13S2. The van der Waals surface area contributed by atoms with Crippen LogP contribution in [0.3, 0.4) is 0 Å². The minimum absolute atomic E-state index is 0.245. The van der Waals surface area contributed by atoms with Gasteiger partial charge in [-0.2, -0.15) is 20.2 Å². The Morgan fingerprint density at radius 3 is 2.03 bits per heavy atom. The van der Waals surface area contributed by atoms with Crippen LogP contribution in [-0.2, 0) is 45.3 Å². The predicted molar refractivity (Wildman–Crippen MR) is 246 cm³/mol. The number of carbonyl (C=O) groups is 6. The van der Waals surface area contributed by atoms with Gasteiger partial charge in [0.2, 0.25) is 17.7 Å². The maximum absolute atomic E-state index is 13.9. The number of carboxylic acid groups (broad SMARTS) is 2. The first-order valence-corrected chi connectivity index (χ1v) is 25.2. The molecule has 64 heavy (non-hydrogen) atoms. The zero-order chi connectivity index (χ0) is 48.4.